The van der Waals surface area contributed by atoms with Crippen LogP contribution in [0, 0.1) is 0 Å². The fourth-order valence-electron chi connectivity index (χ4n) is 2.03. The number of carbonyl (C=O) groups excluding carboxylic acids is 1. The molecule has 19 heavy (non-hydrogen) atoms. The van der Waals surface area contributed by atoms with Gasteiger partial charge in [0.1, 0.15) is 0 Å². The summed E-state index contributed by atoms with van der Waals surface area (Å²) in [6, 6.07) is 7.91. The molecule has 0 heterocycles. The molecule has 4 nitrogen and oxygen atoms in total. The van der Waals surface area contributed by atoms with Gasteiger partial charge in [0.25, 0.3) is 0 Å². The third-order valence-electron chi connectivity index (χ3n) is 3.49. The smallest absolute Gasteiger partial charge is 0.221 e. The first-order chi connectivity index (χ1) is 8.99. The van der Waals surface area contributed by atoms with E-state index in [0.29, 0.717) is 18.0 Å². The van der Waals surface area contributed by atoms with Crippen molar-refractivity contribution >= 4 is 17.5 Å². The largest absolute Gasteiger partial charge is 0.359 e. The van der Waals surface area contributed by atoms with E-state index < -0.39 is 0 Å². The molecule has 1 rings (SSSR count). The molecule has 1 aromatic carbocycles. The summed E-state index contributed by atoms with van der Waals surface area (Å²) in [6.07, 6.45) is 0.397. The summed E-state index contributed by atoms with van der Waals surface area (Å²) >= 11 is 6.01. The number of halogens is 1. The summed E-state index contributed by atoms with van der Waals surface area (Å²) in [4.78, 5) is 13.6. The number of benzene rings is 1. The predicted molar refractivity (Wildman–Crippen MR) is 79.2 cm³/mol. The number of hydrogen-bond donors (Lipinski definition) is 2. The first kappa shape index (κ1) is 16.0. The Kier molecular flexibility index (Phi) is 6.28. The molecule has 1 amide bonds. The van der Waals surface area contributed by atoms with Crippen LogP contribution >= 0.6 is 11.6 Å². The van der Waals surface area contributed by atoms with E-state index in [0.717, 1.165) is 5.56 Å². The lowest BCUT2D eigenvalue weighted by Crippen LogP contribution is -2.42. The van der Waals surface area contributed by atoms with Crippen LogP contribution in [0.4, 0.5) is 0 Å². The Balaban J connectivity index is 2.79. The van der Waals surface area contributed by atoms with Crippen LogP contribution in [0.3, 0.4) is 0 Å². The van der Waals surface area contributed by atoms with Gasteiger partial charge < -0.3 is 11.1 Å². The predicted octanol–water partition coefficient (Wildman–Crippen LogP) is 1.80. The number of nitrogens with one attached hydrogen (secondary N) is 1. The van der Waals surface area contributed by atoms with Crippen LogP contribution in [-0.4, -0.2) is 37.5 Å². The maximum Gasteiger partial charge on any atom is 0.221 e. The van der Waals surface area contributed by atoms with Crippen molar-refractivity contribution in [3.05, 3.63) is 34.9 Å². The minimum atomic E-state index is 0.000550. The fourth-order valence-corrected chi connectivity index (χ4v) is 2.23. The molecule has 1 aromatic rings. The van der Waals surface area contributed by atoms with Crippen molar-refractivity contribution in [2.75, 3.05) is 20.6 Å². The normalized spacial score (nSPS) is 14.2. The van der Waals surface area contributed by atoms with Crippen LogP contribution in [-0.2, 0) is 4.79 Å². The Labute approximate surface area is 119 Å². The highest BCUT2D eigenvalue weighted by Gasteiger charge is 2.22. The van der Waals surface area contributed by atoms with Gasteiger partial charge in [-0.1, -0.05) is 23.7 Å². The topological polar surface area (TPSA) is 58.4 Å². The number of amides is 1. The molecule has 3 N–H and O–H groups in total. The van der Waals surface area contributed by atoms with Gasteiger partial charge in [-0.25, -0.2) is 0 Å². The SMILES string of the molecule is CNC(=O)CC(CN)N(C)C(C)c1cccc(Cl)c1. The zero-order chi connectivity index (χ0) is 14.4. The van der Waals surface area contributed by atoms with Gasteiger partial charge in [-0.15, -0.1) is 0 Å². The average molecular weight is 284 g/mol. The molecule has 0 fully saturated rings. The molecule has 0 radical (unpaired) electrons. The minimum Gasteiger partial charge on any atom is -0.359 e. The van der Waals surface area contributed by atoms with Crippen molar-refractivity contribution in [3.63, 3.8) is 0 Å². The van der Waals surface area contributed by atoms with Crippen molar-refractivity contribution < 1.29 is 4.79 Å². The highest BCUT2D eigenvalue weighted by Crippen LogP contribution is 2.24. The Bertz CT molecular complexity index is 425. The van der Waals surface area contributed by atoms with Gasteiger partial charge >= 0.3 is 0 Å². The second kappa shape index (κ2) is 7.48. The summed E-state index contributed by atoms with van der Waals surface area (Å²) in [5.74, 6) is 0.000550. The van der Waals surface area contributed by atoms with Crippen LogP contribution < -0.4 is 11.1 Å². The maximum absolute atomic E-state index is 11.5. The van der Waals surface area contributed by atoms with E-state index in [1.807, 2.05) is 31.3 Å². The van der Waals surface area contributed by atoms with Crippen molar-refractivity contribution in [2.24, 2.45) is 5.73 Å². The second-order valence-corrected chi connectivity index (χ2v) is 5.10. The second-order valence-electron chi connectivity index (χ2n) is 4.66. The highest BCUT2D eigenvalue weighted by molar-refractivity contribution is 6.30. The Hall–Kier alpha value is -1.10. The lowest BCUT2D eigenvalue weighted by molar-refractivity contribution is -0.121. The maximum atomic E-state index is 11.5. The lowest BCUT2D eigenvalue weighted by atomic mass is 10.0. The Morgan fingerprint density at radius 2 is 2.21 bits per heavy atom. The van der Waals surface area contributed by atoms with E-state index in [9.17, 15) is 4.79 Å². The molecule has 5 heteroatoms. The van der Waals surface area contributed by atoms with Crippen LogP contribution in [0.25, 0.3) is 0 Å². The molecule has 0 spiro atoms. The van der Waals surface area contributed by atoms with E-state index in [2.05, 4.69) is 17.1 Å². The van der Waals surface area contributed by atoms with Gasteiger partial charge in [-0.3, -0.25) is 9.69 Å². The molecule has 0 aliphatic heterocycles. The van der Waals surface area contributed by atoms with E-state index in [1.165, 1.54) is 0 Å². The van der Waals surface area contributed by atoms with Crippen LogP contribution in [0.15, 0.2) is 24.3 Å². The third kappa shape index (κ3) is 4.49. The molecule has 0 aliphatic carbocycles. The monoisotopic (exact) mass is 283 g/mol. The number of likely N-dealkylation sites (N-methyl/N-ethyl adjacent to an activating group) is 1. The Morgan fingerprint density at radius 1 is 1.53 bits per heavy atom. The fraction of sp³-hybridized carbons (Fsp3) is 0.500. The molecule has 2 atom stereocenters. The summed E-state index contributed by atoms with van der Waals surface area (Å²) in [5, 5.41) is 3.35. The summed E-state index contributed by atoms with van der Waals surface area (Å²) in [7, 11) is 3.61. The van der Waals surface area contributed by atoms with Gasteiger partial charge in [-0.2, -0.15) is 0 Å². The summed E-state index contributed by atoms with van der Waals surface area (Å²) in [5.41, 5.74) is 6.89. The molecule has 0 aromatic heterocycles. The lowest BCUT2D eigenvalue weighted by Gasteiger charge is -2.32. The van der Waals surface area contributed by atoms with Gasteiger partial charge in [0.2, 0.25) is 5.91 Å². The van der Waals surface area contributed by atoms with Crippen LogP contribution in [0.5, 0.6) is 0 Å². The molecule has 2 unspecified atom stereocenters. The zero-order valence-electron chi connectivity index (χ0n) is 11.7. The highest BCUT2D eigenvalue weighted by atomic mass is 35.5. The number of rotatable bonds is 6. The number of carbonyl (C=O) groups is 1. The van der Waals surface area contributed by atoms with Crippen molar-refractivity contribution in [3.8, 4) is 0 Å². The molecule has 106 valence electrons. The van der Waals surface area contributed by atoms with Crippen molar-refractivity contribution in [1.82, 2.24) is 10.2 Å². The van der Waals surface area contributed by atoms with E-state index in [4.69, 9.17) is 17.3 Å². The number of hydrogen-bond acceptors (Lipinski definition) is 3. The van der Waals surface area contributed by atoms with E-state index in [1.54, 1.807) is 7.05 Å². The number of nitrogens with zero attached hydrogens (tertiary/aromatic N) is 1. The molecule has 0 saturated carbocycles. The first-order valence-corrected chi connectivity index (χ1v) is 6.75. The third-order valence-corrected chi connectivity index (χ3v) is 3.72. The molecule has 0 saturated heterocycles. The summed E-state index contributed by atoms with van der Waals surface area (Å²) < 4.78 is 0. The Morgan fingerprint density at radius 3 is 2.74 bits per heavy atom. The van der Waals surface area contributed by atoms with E-state index in [-0.39, 0.29) is 18.0 Å². The van der Waals surface area contributed by atoms with Gasteiger partial charge in [0, 0.05) is 37.1 Å². The molecular formula is C14H22ClN3O. The molecule has 0 bridgehead atoms. The summed E-state index contributed by atoms with van der Waals surface area (Å²) in [6.45, 7) is 2.52. The zero-order valence-corrected chi connectivity index (χ0v) is 12.4. The van der Waals surface area contributed by atoms with Crippen LogP contribution in [0.1, 0.15) is 24.9 Å². The molecular weight excluding hydrogens is 262 g/mol. The van der Waals surface area contributed by atoms with Gasteiger partial charge in [0.05, 0.1) is 0 Å². The van der Waals surface area contributed by atoms with E-state index >= 15 is 0 Å². The molecule has 0 aliphatic rings. The van der Waals surface area contributed by atoms with Crippen molar-refractivity contribution in [1.29, 1.82) is 0 Å². The quantitative estimate of drug-likeness (QED) is 0.837. The van der Waals surface area contributed by atoms with Gasteiger partial charge in [-0.05, 0) is 31.7 Å². The average Bonchev–Trinajstić information content (AvgIpc) is 2.42. The van der Waals surface area contributed by atoms with Crippen LogP contribution in [0.2, 0.25) is 5.02 Å². The standard InChI is InChI=1S/C14H22ClN3O/c1-10(11-5-4-6-12(15)7-11)18(3)13(9-16)8-14(19)17-2/h4-7,10,13H,8-9,16H2,1-3H3,(H,17,19). The van der Waals surface area contributed by atoms with Crippen molar-refractivity contribution in [2.45, 2.75) is 25.4 Å². The number of nitrogens with two attached hydrogens (primary N) is 1. The van der Waals surface area contributed by atoms with Gasteiger partial charge in [0.15, 0.2) is 0 Å². The minimum absolute atomic E-state index is 0.000550. The first-order valence-electron chi connectivity index (χ1n) is 6.37.